The average Bonchev–Trinajstić information content (AvgIpc) is 3.27. The van der Waals surface area contributed by atoms with Crippen LogP contribution in [0, 0.1) is 0 Å². The van der Waals surface area contributed by atoms with Crippen LogP contribution < -0.4 is 4.74 Å². The summed E-state index contributed by atoms with van der Waals surface area (Å²) in [4.78, 5) is 33.5. The van der Waals surface area contributed by atoms with Gasteiger partial charge in [0.25, 0.3) is 5.91 Å². The molecule has 2 heterocycles. The summed E-state index contributed by atoms with van der Waals surface area (Å²) in [6.45, 7) is 0.330. The number of rotatable bonds is 6. The first-order valence-electron chi connectivity index (χ1n) is 9.38. The van der Waals surface area contributed by atoms with Crippen molar-refractivity contribution >= 4 is 57.0 Å². The lowest BCUT2D eigenvalue weighted by molar-refractivity contribution is -0.132. The van der Waals surface area contributed by atoms with Gasteiger partial charge in [-0.3, -0.25) is 9.69 Å². The molecule has 1 aliphatic heterocycles. The molecule has 1 aliphatic rings. The van der Waals surface area contributed by atoms with Crippen LogP contribution in [0.3, 0.4) is 0 Å². The Hall–Kier alpha value is -3.23. The summed E-state index contributed by atoms with van der Waals surface area (Å²) in [6, 6.07) is 12.8. The molecule has 1 saturated heterocycles. The van der Waals surface area contributed by atoms with Crippen LogP contribution >= 0.6 is 23.4 Å². The largest absolute Gasteiger partial charge is 0.494 e. The van der Waals surface area contributed by atoms with Crippen LogP contribution in [0.15, 0.2) is 64.6 Å². The van der Waals surface area contributed by atoms with Crippen molar-refractivity contribution in [2.75, 3.05) is 13.7 Å². The maximum absolute atomic E-state index is 12.9. The summed E-state index contributed by atoms with van der Waals surface area (Å²) in [6.07, 6.45) is 3.34. The summed E-state index contributed by atoms with van der Waals surface area (Å²) in [5.74, 6) is -1.01. The smallest absolute Gasteiger partial charge is 0.329 e. The highest BCUT2D eigenvalue weighted by Crippen LogP contribution is 2.35. The predicted molar refractivity (Wildman–Crippen MR) is 122 cm³/mol. The topological polar surface area (TPSA) is 95.0 Å². The van der Waals surface area contributed by atoms with Crippen LogP contribution in [0.4, 0.5) is 5.69 Å². The van der Waals surface area contributed by atoms with Crippen LogP contribution in [-0.2, 0) is 16.0 Å². The van der Waals surface area contributed by atoms with Crippen LogP contribution in [0.2, 0.25) is 5.02 Å². The standard InChI is InChI=1S/C22H18ClN3O4S/c1-30-18-5-3-2-4-17(18)25-22-26(21(29)19(31-22)11-20(27)28)9-8-13-12-24-16-7-6-14(23)10-15(13)16/h2-7,10-12,24H,8-9H2,1H3,(H,27,28)/b19-11+,25-22?. The summed E-state index contributed by atoms with van der Waals surface area (Å²) in [7, 11) is 1.54. The molecule has 158 valence electrons. The molecule has 0 bridgehead atoms. The normalized spacial score (nSPS) is 16.6. The number of aromatic nitrogens is 1. The number of fused-ring (bicyclic) bond motifs is 1. The fraction of sp³-hybridized carbons (Fsp3) is 0.136. The lowest BCUT2D eigenvalue weighted by Gasteiger charge is -2.16. The Bertz CT molecular complexity index is 1230. The second-order valence-corrected chi connectivity index (χ2v) is 8.17. The fourth-order valence-electron chi connectivity index (χ4n) is 3.32. The van der Waals surface area contributed by atoms with E-state index < -0.39 is 5.97 Å². The Labute approximate surface area is 187 Å². The molecule has 7 nitrogen and oxygen atoms in total. The number of halogens is 1. The Morgan fingerprint density at radius 3 is 2.90 bits per heavy atom. The summed E-state index contributed by atoms with van der Waals surface area (Å²) < 4.78 is 5.34. The number of amidine groups is 1. The predicted octanol–water partition coefficient (Wildman–Crippen LogP) is 4.60. The number of nitrogens with one attached hydrogen (secondary N) is 1. The first-order valence-corrected chi connectivity index (χ1v) is 10.6. The van der Waals surface area contributed by atoms with Crippen molar-refractivity contribution in [3.8, 4) is 5.75 Å². The Kier molecular flexibility index (Phi) is 6.01. The van der Waals surface area contributed by atoms with E-state index in [1.807, 2.05) is 36.5 Å². The number of carboxylic acid groups (broad SMARTS) is 1. The molecule has 2 N–H and O–H groups in total. The number of carbonyl (C=O) groups is 2. The van der Waals surface area contributed by atoms with E-state index in [0.717, 1.165) is 34.3 Å². The molecule has 9 heteroatoms. The highest BCUT2D eigenvalue weighted by Gasteiger charge is 2.34. The maximum atomic E-state index is 12.9. The van der Waals surface area contributed by atoms with E-state index in [2.05, 4.69) is 9.98 Å². The number of carboxylic acids is 1. The molecule has 0 aliphatic carbocycles. The first kappa shape index (κ1) is 21.0. The second kappa shape index (κ2) is 8.87. The number of amides is 1. The summed E-state index contributed by atoms with van der Waals surface area (Å²) in [5.41, 5.74) is 2.51. The van der Waals surface area contributed by atoms with Crippen LogP contribution in [0.5, 0.6) is 5.75 Å². The number of aromatic amines is 1. The number of nitrogens with zero attached hydrogens (tertiary/aromatic N) is 2. The number of para-hydroxylation sites is 2. The van der Waals surface area contributed by atoms with Gasteiger partial charge in [0.1, 0.15) is 11.4 Å². The van der Waals surface area contributed by atoms with Gasteiger partial charge in [0.2, 0.25) is 0 Å². The van der Waals surface area contributed by atoms with Gasteiger partial charge in [0.05, 0.1) is 12.0 Å². The number of thioether (sulfide) groups is 1. The molecule has 1 fully saturated rings. The van der Waals surface area contributed by atoms with Gasteiger partial charge in [0.15, 0.2) is 5.17 Å². The number of methoxy groups -OCH3 is 1. The number of aliphatic imine (C=N–C) groups is 1. The highest BCUT2D eigenvalue weighted by atomic mass is 35.5. The SMILES string of the molecule is COc1ccccc1N=C1S/C(=C/C(=O)O)C(=O)N1CCc1c[nH]c2ccc(Cl)cc12. The Morgan fingerprint density at radius 1 is 1.32 bits per heavy atom. The zero-order valence-electron chi connectivity index (χ0n) is 16.5. The molecule has 0 radical (unpaired) electrons. The van der Waals surface area contributed by atoms with Gasteiger partial charge in [-0.2, -0.15) is 0 Å². The van der Waals surface area contributed by atoms with E-state index in [0.29, 0.717) is 34.6 Å². The van der Waals surface area contributed by atoms with Crippen molar-refractivity contribution < 1.29 is 19.4 Å². The molecular formula is C22H18ClN3O4S. The van der Waals surface area contributed by atoms with Crippen LogP contribution in [0.25, 0.3) is 10.9 Å². The minimum absolute atomic E-state index is 0.114. The van der Waals surface area contributed by atoms with E-state index in [1.165, 1.54) is 4.90 Å². The molecule has 1 aromatic heterocycles. The maximum Gasteiger partial charge on any atom is 0.329 e. The quantitative estimate of drug-likeness (QED) is 0.529. The van der Waals surface area contributed by atoms with Crippen molar-refractivity contribution in [3.63, 3.8) is 0 Å². The number of H-pyrrole nitrogens is 1. The van der Waals surface area contributed by atoms with Gasteiger partial charge in [-0.05, 0) is 54.1 Å². The molecule has 2 aromatic carbocycles. The Balaban J connectivity index is 1.66. The molecule has 1 amide bonds. The monoisotopic (exact) mass is 455 g/mol. The number of benzene rings is 2. The second-order valence-electron chi connectivity index (χ2n) is 6.73. The first-order chi connectivity index (χ1) is 15.0. The van der Waals surface area contributed by atoms with Gasteiger partial charge in [-0.25, -0.2) is 9.79 Å². The number of hydrogen-bond donors (Lipinski definition) is 2. The number of carbonyl (C=O) groups excluding carboxylic acids is 1. The number of hydrogen-bond acceptors (Lipinski definition) is 5. The zero-order chi connectivity index (χ0) is 22.0. The number of aliphatic carboxylic acids is 1. The van der Waals surface area contributed by atoms with Crippen molar-refractivity contribution in [2.24, 2.45) is 4.99 Å². The molecule has 3 aromatic rings. The highest BCUT2D eigenvalue weighted by molar-refractivity contribution is 8.18. The van der Waals surface area contributed by atoms with Crippen molar-refractivity contribution in [3.05, 3.63) is 70.2 Å². The molecule has 0 unspecified atom stereocenters. The zero-order valence-corrected chi connectivity index (χ0v) is 18.0. The summed E-state index contributed by atoms with van der Waals surface area (Å²) in [5, 5.41) is 11.1. The van der Waals surface area contributed by atoms with Gasteiger partial charge in [-0.15, -0.1) is 0 Å². The third kappa shape index (κ3) is 4.45. The molecule has 0 atom stereocenters. The molecule has 0 spiro atoms. The van der Waals surface area contributed by atoms with Gasteiger partial charge >= 0.3 is 5.97 Å². The Morgan fingerprint density at radius 2 is 2.13 bits per heavy atom. The third-order valence-electron chi connectivity index (χ3n) is 4.78. The van der Waals surface area contributed by atoms with Gasteiger partial charge < -0.3 is 14.8 Å². The van der Waals surface area contributed by atoms with E-state index in [-0.39, 0.29) is 10.8 Å². The fourth-order valence-corrected chi connectivity index (χ4v) is 4.47. The van der Waals surface area contributed by atoms with Crippen molar-refractivity contribution in [1.29, 1.82) is 0 Å². The summed E-state index contributed by atoms with van der Waals surface area (Å²) >= 11 is 7.17. The average molecular weight is 456 g/mol. The molecule has 31 heavy (non-hydrogen) atoms. The number of ether oxygens (including phenoxy) is 1. The van der Waals surface area contributed by atoms with Gasteiger partial charge in [-0.1, -0.05) is 23.7 Å². The molecular weight excluding hydrogens is 438 g/mol. The third-order valence-corrected chi connectivity index (χ3v) is 6.02. The van der Waals surface area contributed by atoms with E-state index >= 15 is 0 Å². The van der Waals surface area contributed by atoms with Crippen LogP contribution in [-0.4, -0.2) is 45.7 Å². The van der Waals surface area contributed by atoms with E-state index in [4.69, 9.17) is 21.4 Å². The molecule has 0 saturated carbocycles. The van der Waals surface area contributed by atoms with Gasteiger partial charge in [0, 0.05) is 34.7 Å². The van der Waals surface area contributed by atoms with Crippen molar-refractivity contribution in [1.82, 2.24) is 9.88 Å². The van der Waals surface area contributed by atoms with Crippen LogP contribution in [0.1, 0.15) is 5.56 Å². The minimum Gasteiger partial charge on any atom is -0.494 e. The lowest BCUT2D eigenvalue weighted by atomic mass is 10.1. The lowest BCUT2D eigenvalue weighted by Crippen LogP contribution is -2.31. The molecule has 4 rings (SSSR count). The van der Waals surface area contributed by atoms with E-state index in [1.54, 1.807) is 19.2 Å². The van der Waals surface area contributed by atoms with Crippen molar-refractivity contribution in [2.45, 2.75) is 6.42 Å². The van der Waals surface area contributed by atoms with E-state index in [9.17, 15) is 9.59 Å². The minimum atomic E-state index is -1.18.